The molecule has 0 radical (unpaired) electrons. The van der Waals surface area contributed by atoms with E-state index in [-0.39, 0.29) is 11.8 Å². The van der Waals surface area contributed by atoms with Crippen molar-refractivity contribution in [3.8, 4) is 11.5 Å². The molecule has 0 fully saturated rings. The fourth-order valence-corrected chi connectivity index (χ4v) is 3.55. The highest BCUT2D eigenvalue weighted by molar-refractivity contribution is 6.02. The van der Waals surface area contributed by atoms with Gasteiger partial charge in [-0.1, -0.05) is 64.1 Å². The second-order valence-corrected chi connectivity index (χ2v) is 9.49. The lowest BCUT2D eigenvalue weighted by atomic mass is 10.0. The van der Waals surface area contributed by atoms with Crippen LogP contribution in [0, 0.1) is 0 Å². The molecule has 0 bridgehead atoms. The maximum absolute atomic E-state index is 12.8. The van der Waals surface area contributed by atoms with Gasteiger partial charge in [-0.3, -0.25) is 9.59 Å². The first-order valence-electron chi connectivity index (χ1n) is 12.4. The molecule has 3 rings (SSSR count). The normalized spacial score (nSPS) is 12.7. The summed E-state index contributed by atoms with van der Waals surface area (Å²) < 4.78 is 11.6. The monoisotopic (exact) mass is 488 g/mol. The van der Waals surface area contributed by atoms with Gasteiger partial charge >= 0.3 is 0 Å². The zero-order valence-corrected chi connectivity index (χ0v) is 21.9. The zero-order chi connectivity index (χ0) is 26.2. The number of carbonyl (C=O) groups excluding carboxylic acids is 2. The lowest BCUT2D eigenvalue weighted by Crippen LogP contribution is -2.32. The molecule has 36 heavy (non-hydrogen) atoms. The van der Waals surface area contributed by atoms with Crippen LogP contribution in [0.3, 0.4) is 0 Å². The number of nitrogens with one attached hydrogen (secondary N) is 2. The third-order valence-corrected chi connectivity index (χ3v) is 5.90. The van der Waals surface area contributed by atoms with Crippen LogP contribution in [0.5, 0.6) is 11.5 Å². The van der Waals surface area contributed by atoms with Gasteiger partial charge in [0.15, 0.2) is 12.2 Å². The van der Waals surface area contributed by atoms with Gasteiger partial charge in [0, 0.05) is 0 Å². The van der Waals surface area contributed by atoms with Crippen molar-refractivity contribution in [1.29, 1.82) is 0 Å². The Morgan fingerprint density at radius 2 is 0.889 bits per heavy atom. The first-order valence-corrected chi connectivity index (χ1v) is 12.4. The minimum absolute atomic E-state index is 0.320. The van der Waals surface area contributed by atoms with Crippen molar-refractivity contribution in [3.63, 3.8) is 0 Å². The van der Waals surface area contributed by atoms with Crippen LogP contribution in [-0.2, 0) is 9.59 Å². The Labute approximate surface area is 214 Å². The van der Waals surface area contributed by atoms with E-state index in [4.69, 9.17) is 9.47 Å². The SMILES string of the molecule is CC(Oc1ccc(C(C)C)cc1)C(=O)Nc1ccccc1NC(=O)C(C)Oc1ccc(C(C)C)cc1. The van der Waals surface area contributed by atoms with Gasteiger partial charge in [-0.15, -0.1) is 0 Å². The lowest BCUT2D eigenvalue weighted by molar-refractivity contribution is -0.122. The molecule has 6 heteroatoms. The molecule has 3 aromatic carbocycles. The van der Waals surface area contributed by atoms with Gasteiger partial charge < -0.3 is 20.1 Å². The number of para-hydroxylation sites is 2. The minimum atomic E-state index is -0.727. The highest BCUT2D eigenvalue weighted by Crippen LogP contribution is 2.24. The van der Waals surface area contributed by atoms with Gasteiger partial charge in [0.05, 0.1) is 11.4 Å². The summed E-state index contributed by atoms with van der Waals surface area (Å²) in [5, 5.41) is 5.70. The molecule has 0 spiro atoms. The first-order chi connectivity index (χ1) is 17.1. The molecule has 0 aromatic heterocycles. The quantitative estimate of drug-likeness (QED) is 0.331. The molecule has 190 valence electrons. The van der Waals surface area contributed by atoms with Gasteiger partial charge in [-0.05, 0) is 73.2 Å². The number of anilines is 2. The molecule has 2 unspecified atom stereocenters. The Morgan fingerprint density at radius 3 is 1.19 bits per heavy atom. The van der Waals surface area contributed by atoms with E-state index in [1.165, 1.54) is 11.1 Å². The van der Waals surface area contributed by atoms with Crippen molar-refractivity contribution in [2.45, 2.75) is 65.6 Å². The number of hydrogen-bond donors (Lipinski definition) is 2. The number of rotatable bonds is 10. The molecule has 2 atom stereocenters. The van der Waals surface area contributed by atoms with Gasteiger partial charge in [0.1, 0.15) is 11.5 Å². The van der Waals surface area contributed by atoms with E-state index >= 15 is 0 Å². The average molecular weight is 489 g/mol. The van der Waals surface area contributed by atoms with Gasteiger partial charge in [0.25, 0.3) is 11.8 Å². The van der Waals surface area contributed by atoms with E-state index < -0.39 is 12.2 Å². The van der Waals surface area contributed by atoms with Crippen LogP contribution < -0.4 is 20.1 Å². The van der Waals surface area contributed by atoms with Crippen LogP contribution in [0.4, 0.5) is 11.4 Å². The van der Waals surface area contributed by atoms with Crippen LogP contribution >= 0.6 is 0 Å². The molecule has 0 aliphatic carbocycles. The highest BCUT2D eigenvalue weighted by atomic mass is 16.5. The fraction of sp³-hybridized carbons (Fsp3) is 0.333. The van der Waals surface area contributed by atoms with Crippen LogP contribution in [0.15, 0.2) is 72.8 Å². The van der Waals surface area contributed by atoms with Crippen molar-refractivity contribution in [3.05, 3.63) is 83.9 Å². The predicted molar refractivity (Wildman–Crippen MR) is 145 cm³/mol. The third-order valence-electron chi connectivity index (χ3n) is 5.90. The summed E-state index contributed by atoms with van der Waals surface area (Å²) in [6, 6.07) is 22.5. The van der Waals surface area contributed by atoms with E-state index in [9.17, 15) is 9.59 Å². The molecule has 0 saturated carbocycles. The Morgan fingerprint density at radius 1 is 0.556 bits per heavy atom. The molecule has 2 N–H and O–H groups in total. The van der Waals surface area contributed by atoms with E-state index in [2.05, 4.69) is 38.3 Å². The first kappa shape index (κ1) is 26.8. The van der Waals surface area contributed by atoms with Crippen molar-refractivity contribution in [2.24, 2.45) is 0 Å². The number of amides is 2. The van der Waals surface area contributed by atoms with Crippen molar-refractivity contribution in [2.75, 3.05) is 10.6 Å². The smallest absolute Gasteiger partial charge is 0.265 e. The number of hydrogen-bond acceptors (Lipinski definition) is 4. The second kappa shape index (κ2) is 12.2. The summed E-state index contributed by atoms with van der Waals surface area (Å²) in [5.41, 5.74) is 3.37. The fourth-order valence-electron chi connectivity index (χ4n) is 3.55. The molecule has 0 aliphatic heterocycles. The lowest BCUT2D eigenvalue weighted by Gasteiger charge is -2.19. The van der Waals surface area contributed by atoms with Crippen LogP contribution in [0.25, 0.3) is 0 Å². The number of ether oxygens (including phenoxy) is 2. The molecular weight excluding hydrogens is 452 g/mol. The Hall–Kier alpha value is -3.80. The summed E-state index contributed by atoms with van der Waals surface area (Å²) in [5.74, 6) is 1.44. The maximum Gasteiger partial charge on any atom is 0.265 e. The minimum Gasteiger partial charge on any atom is -0.481 e. The van der Waals surface area contributed by atoms with E-state index in [1.54, 1.807) is 38.1 Å². The standard InChI is InChI=1S/C30H36N2O4/c1-19(2)23-11-15-25(16-12-23)35-21(5)29(33)31-27-9-7-8-10-28(27)32-30(34)22(6)36-26-17-13-24(14-18-26)20(3)4/h7-22H,1-6H3,(H,31,33)(H,32,34). The predicted octanol–water partition coefficient (Wildman–Crippen LogP) is 6.75. The van der Waals surface area contributed by atoms with Crippen molar-refractivity contribution < 1.29 is 19.1 Å². The molecule has 0 saturated heterocycles. The molecule has 3 aromatic rings. The molecule has 0 heterocycles. The Bertz CT molecular complexity index is 1060. The van der Waals surface area contributed by atoms with Crippen LogP contribution in [0.1, 0.15) is 64.5 Å². The topological polar surface area (TPSA) is 76.7 Å². The average Bonchev–Trinajstić information content (AvgIpc) is 2.85. The van der Waals surface area contributed by atoms with Crippen LogP contribution in [-0.4, -0.2) is 24.0 Å². The molecule has 0 aliphatic rings. The summed E-state index contributed by atoms with van der Waals surface area (Å²) in [6.45, 7) is 11.9. The molecule has 2 amide bonds. The third kappa shape index (κ3) is 7.35. The maximum atomic E-state index is 12.8. The van der Waals surface area contributed by atoms with Gasteiger partial charge in [-0.25, -0.2) is 0 Å². The highest BCUT2D eigenvalue weighted by Gasteiger charge is 2.19. The van der Waals surface area contributed by atoms with E-state index in [1.807, 2.05) is 48.5 Å². The summed E-state index contributed by atoms with van der Waals surface area (Å²) in [7, 11) is 0. The number of benzene rings is 3. The number of carbonyl (C=O) groups is 2. The Balaban J connectivity index is 1.60. The zero-order valence-electron chi connectivity index (χ0n) is 21.9. The van der Waals surface area contributed by atoms with Gasteiger partial charge in [0.2, 0.25) is 0 Å². The van der Waals surface area contributed by atoms with E-state index in [0.29, 0.717) is 34.7 Å². The van der Waals surface area contributed by atoms with Crippen molar-refractivity contribution in [1.82, 2.24) is 0 Å². The molecule has 6 nitrogen and oxygen atoms in total. The summed E-state index contributed by atoms with van der Waals surface area (Å²) in [4.78, 5) is 25.6. The van der Waals surface area contributed by atoms with E-state index in [0.717, 1.165) is 0 Å². The van der Waals surface area contributed by atoms with Crippen molar-refractivity contribution >= 4 is 23.2 Å². The molecular formula is C30H36N2O4. The van der Waals surface area contributed by atoms with Crippen LogP contribution in [0.2, 0.25) is 0 Å². The summed E-state index contributed by atoms with van der Waals surface area (Å²) >= 11 is 0. The Kier molecular flexibility index (Phi) is 9.12. The second-order valence-electron chi connectivity index (χ2n) is 9.49. The van der Waals surface area contributed by atoms with Gasteiger partial charge in [-0.2, -0.15) is 0 Å². The summed E-state index contributed by atoms with van der Waals surface area (Å²) in [6.07, 6.45) is -1.45. The largest absolute Gasteiger partial charge is 0.481 e.